The van der Waals surface area contributed by atoms with E-state index in [9.17, 15) is 0 Å². The molecule has 0 saturated carbocycles. The molecule has 0 fully saturated rings. The van der Waals surface area contributed by atoms with Crippen LogP contribution in [0.4, 0.5) is 0 Å². The molecule has 0 aliphatic carbocycles. The number of hydrogen-bond donors (Lipinski definition) is 0. The zero-order chi connectivity index (χ0) is 16.6. The van der Waals surface area contributed by atoms with Gasteiger partial charge in [0.05, 0.1) is 12.9 Å². The first-order valence-corrected chi connectivity index (χ1v) is 7.38. The van der Waals surface area contributed by atoms with E-state index in [1.165, 1.54) is 6.33 Å². The topological polar surface area (TPSA) is 66.6 Å². The second-order valence-electron chi connectivity index (χ2n) is 4.77. The van der Waals surface area contributed by atoms with Gasteiger partial charge in [-0.05, 0) is 18.2 Å². The van der Waals surface area contributed by atoms with Gasteiger partial charge in [-0.25, -0.2) is 4.98 Å². The highest BCUT2D eigenvalue weighted by Crippen LogP contribution is 2.21. The van der Waals surface area contributed by atoms with E-state index in [1.807, 2.05) is 24.3 Å². The molecule has 6 nitrogen and oxygen atoms in total. The molecule has 1 aromatic carbocycles. The third-order valence-corrected chi connectivity index (χ3v) is 3.11. The zero-order valence-corrected chi connectivity index (χ0v) is 13.2. The molecule has 0 N–H and O–H groups in total. The normalized spacial score (nSPS) is 10.2. The Bertz CT molecular complexity index is 864. The van der Waals surface area contributed by atoms with Gasteiger partial charge in [-0.15, -0.1) is 0 Å². The Labute approximate surface area is 139 Å². The summed E-state index contributed by atoms with van der Waals surface area (Å²) in [6.45, 7) is 1.24. The van der Waals surface area contributed by atoms with E-state index in [-0.39, 0.29) is 6.61 Å². The molecule has 3 aromatic rings. The van der Waals surface area contributed by atoms with Crippen molar-refractivity contribution in [1.29, 1.82) is 0 Å². The van der Waals surface area contributed by atoms with E-state index < -0.39 is 0 Å². The van der Waals surface area contributed by atoms with Crippen LogP contribution in [0.3, 0.4) is 0 Å². The number of furan rings is 1. The van der Waals surface area contributed by atoms with E-state index >= 15 is 0 Å². The fourth-order valence-corrected chi connectivity index (χ4v) is 2.02. The van der Waals surface area contributed by atoms with Gasteiger partial charge in [-0.2, -0.15) is 4.98 Å². The lowest BCUT2D eigenvalue weighted by Gasteiger charge is -2.05. The summed E-state index contributed by atoms with van der Waals surface area (Å²) in [5, 5.41) is 0. The second-order valence-corrected chi connectivity index (χ2v) is 4.77. The number of methoxy groups -OCH3 is 1. The van der Waals surface area contributed by atoms with Gasteiger partial charge in [0.1, 0.15) is 24.2 Å². The molecule has 0 aliphatic heterocycles. The number of nitrogens with zero attached hydrogens (tertiary/aromatic N) is 2. The number of aromatic nitrogens is 2. The third-order valence-electron chi connectivity index (χ3n) is 3.11. The van der Waals surface area contributed by atoms with E-state index in [4.69, 9.17) is 18.6 Å². The summed E-state index contributed by atoms with van der Waals surface area (Å²) in [5.41, 5.74) is 2.07. The second kappa shape index (κ2) is 7.99. The van der Waals surface area contributed by atoms with Crippen LogP contribution >= 0.6 is 0 Å². The number of rotatable bonds is 6. The molecule has 0 spiro atoms. The summed E-state index contributed by atoms with van der Waals surface area (Å²) in [6.07, 6.45) is 2.98. The van der Waals surface area contributed by atoms with Crippen LogP contribution in [0.15, 0.2) is 47.3 Å². The van der Waals surface area contributed by atoms with Gasteiger partial charge in [-0.1, -0.05) is 17.9 Å². The first-order valence-electron chi connectivity index (χ1n) is 7.38. The maximum Gasteiger partial charge on any atom is 0.262 e. The van der Waals surface area contributed by atoms with Crippen LogP contribution in [0.5, 0.6) is 11.6 Å². The van der Waals surface area contributed by atoms with Crippen LogP contribution in [-0.2, 0) is 4.74 Å². The lowest BCUT2D eigenvalue weighted by Crippen LogP contribution is -2.04. The molecule has 122 valence electrons. The summed E-state index contributed by atoms with van der Waals surface area (Å²) in [5.74, 6) is 7.12. The largest absolute Gasteiger partial charge is 0.491 e. The highest BCUT2D eigenvalue weighted by molar-refractivity contribution is 5.76. The molecule has 0 saturated heterocycles. The Morgan fingerprint density at radius 1 is 1.12 bits per heavy atom. The summed E-state index contributed by atoms with van der Waals surface area (Å²) in [4.78, 5) is 8.13. The van der Waals surface area contributed by atoms with Gasteiger partial charge in [0.25, 0.3) is 5.88 Å². The maximum absolute atomic E-state index is 5.55. The SMILES string of the molecule is COCCOc1cccc(C#CCOc2ncnc3ccoc23)c1. The molecular formula is C18H16N2O4. The van der Waals surface area contributed by atoms with E-state index in [1.54, 1.807) is 19.4 Å². The van der Waals surface area contributed by atoms with Gasteiger partial charge >= 0.3 is 0 Å². The number of ether oxygens (including phenoxy) is 3. The molecule has 0 amide bonds. The lowest BCUT2D eigenvalue weighted by molar-refractivity contribution is 0.146. The van der Waals surface area contributed by atoms with Crippen LogP contribution in [-0.4, -0.2) is 36.9 Å². The quantitative estimate of drug-likeness (QED) is 0.513. The minimum Gasteiger partial charge on any atom is -0.491 e. The van der Waals surface area contributed by atoms with Gasteiger partial charge in [0, 0.05) is 18.7 Å². The molecule has 2 aromatic heterocycles. The fraction of sp³-hybridized carbons (Fsp3) is 0.222. The molecule has 6 heteroatoms. The predicted octanol–water partition coefficient (Wildman–Crippen LogP) is 2.68. The minimum atomic E-state index is 0.196. The maximum atomic E-state index is 5.55. The Hall–Kier alpha value is -3.04. The van der Waals surface area contributed by atoms with Crippen molar-refractivity contribution in [3.8, 4) is 23.5 Å². The Kier molecular flexibility index (Phi) is 5.28. The minimum absolute atomic E-state index is 0.196. The highest BCUT2D eigenvalue weighted by Gasteiger charge is 2.06. The molecule has 0 bridgehead atoms. The molecule has 3 rings (SSSR count). The van der Waals surface area contributed by atoms with Crippen molar-refractivity contribution in [2.24, 2.45) is 0 Å². The molecule has 0 radical (unpaired) electrons. The molecule has 0 unspecified atom stereocenters. The Morgan fingerprint density at radius 3 is 3.00 bits per heavy atom. The van der Waals surface area contributed by atoms with E-state index in [2.05, 4.69) is 21.8 Å². The molecule has 2 heterocycles. The predicted molar refractivity (Wildman–Crippen MR) is 88.0 cm³/mol. The van der Waals surface area contributed by atoms with Crippen LogP contribution in [0.25, 0.3) is 11.1 Å². The monoisotopic (exact) mass is 324 g/mol. The zero-order valence-electron chi connectivity index (χ0n) is 13.2. The van der Waals surface area contributed by atoms with Gasteiger partial charge in [0.2, 0.25) is 5.58 Å². The molecule has 0 atom stereocenters. The van der Waals surface area contributed by atoms with Gasteiger partial charge in [0.15, 0.2) is 6.61 Å². The van der Waals surface area contributed by atoms with Crippen LogP contribution in [0.1, 0.15) is 5.56 Å². The summed E-state index contributed by atoms with van der Waals surface area (Å²) >= 11 is 0. The Morgan fingerprint density at radius 2 is 2.08 bits per heavy atom. The smallest absolute Gasteiger partial charge is 0.262 e. The standard InChI is InChI=1S/C18H16N2O4/c1-21-10-11-22-15-6-2-4-14(12-15)5-3-8-24-18-17-16(7-9-23-17)19-13-20-18/h2,4,6-7,9,12-13H,8,10-11H2,1H3. The summed E-state index contributed by atoms with van der Waals surface area (Å²) < 4.78 is 21.3. The van der Waals surface area contributed by atoms with Crippen molar-refractivity contribution < 1.29 is 18.6 Å². The van der Waals surface area contributed by atoms with Crippen molar-refractivity contribution in [3.05, 3.63) is 48.5 Å². The average Bonchev–Trinajstić information content (AvgIpc) is 3.09. The molecular weight excluding hydrogens is 308 g/mol. The number of fused-ring (bicyclic) bond motifs is 1. The van der Waals surface area contributed by atoms with Gasteiger partial charge in [-0.3, -0.25) is 0 Å². The Balaban J connectivity index is 1.59. The fourth-order valence-electron chi connectivity index (χ4n) is 2.02. The van der Waals surface area contributed by atoms with Crippen LogP contribution in [0, 0.1) is 11.8 Å². The van der Waals surface area contributed by atoms with Crippen molar-refractivity contribution >= 4 is 11.1 Å². The van der Waals surface area contributed by atoms with Crippen molar-refractivity contribution in [1.82, 2.24) is 9.97 Å². The molecule has 0 aliphatic rings. The van der Waals surface area contributed by atoms with Crippen molar-refractivity contribution in [2.75, 3.05) is 26.9 Å². The molecule has 24 heavy (non-hydrogen) atoms. The summed E-state index contributed by atoms with van der Waals surface area (Å²) in [7, 11) is 1.64. The number of benzene rings is 1. The van der Waals surface area contributed by atoms with Gasteiger partial charge < -0.3 is 18.6 Å². The third kappa shape index (κ3) is 4.03. The highest BCUT2D eigenvalue weighted by atomic mass is 16.5. The summed E-state index contributed by atoms with van der Waals surface area (Å²) in [6, 6.07) is 9.31. The van der Waals surface area contributed by atoms with E-state index in [0.717, 1.165) is 11.3 Å². The first kappa shape index (κ1) is 15.8. The van der Waals surface area contributed by atoms with Crippen LogP contribution in [0.2, 0.25) is 0 Å². The first-order chi connectivity index (χ1) is 11.9. The number of hydrogen-bond acceptors (Lipinski definition) is 6. The lowest BCUT2D eigenvalue weighted by atomic mass is 10.2. The van der Waals surface area contributed by atoms with E-state index in [0.29, 0.717) is 30.2 Å². The van der Waals surface area contributed by atoms with Crippen molar-refractivity contribution in [2.45, 2.75) is 0 Å². The van der Waals surface area contributed by atoms with Crippen LogP contribution < -0.4 is 9.47 Å². The van der Waals surface area contributed by atoms with Crippen molar-refractivity contribution in [3.63, 3.8) is 0 Å². The average molecular weight is 324 g/mol.